The smallest absolute Gasteiger partial charge is 0.238 e. The lowest BCUT2D eigenvalue weighted by Gasteiger charge is -2.16. The van der Waals surface area contributed by atoms with E-state index in [1.165, 1.54) is 18.6 Å². The minimum atomic E-state index is -0.295. The van der Waals surface area contributed by atoms with E-state index in [0.29, 0.717) is 24.2 Å². The molecule has 1 aromatic carbocycles. The molecule has 2 aliphatic heterocycles. The van der Waals surface area contributed by atoms with E-state index in [2.05, 4.69) is 15.5 Å². The first kappa shape index (κ1) is 12.6. The first-order valence-electron chi connectivity index (χ1n) is 6.72. The molecular weight excluding hydrogens is 245 g/mol. The molecule has 1 amide bonds. The van der Waals surface area contributed by atoms with Crippen molar-refractivity contribution in [1.82, 2.24) is 10.2 Å². The number of halogens is 1. The van der Waals surface area contributed by atoms with Crippen LogP contribution < -0.4 is 10.6 Å². The van der Waals surface area contributed by atoms with Crippen LogP contribution >= 0.6 is 0 Å². The average Bonchev–Trinajstić information content (AvgIpc) is 2.92. The molecule has 0 spiro atoms. The zero-order chi connectivity index (χ0) is 13.2. The second-order valence-corrected chi connectivity index (χ2v) is 5.36. The van der Waals surface area contributed by atoms with E-state index in [1.807, 2.05) is 0 Å². The highest BCUT2D eigenvalue weighted by Gasteiger charge is 2.36. The Kier molecular flexibility index (Phi) is 3.48. The van der Waals surface area contributed by atoms with Crippen molar-refractivity contribution in [1.29, 1.82) is 0 Å². The van der Waals surface area contributed by atoms with Gasteiger partial charge in [-0.3, -0.25) is 9.69 Å². The number of rotatable bonds is 3. The molecule has 5 heteroatoms. The zero-order valence-corrected chi connectivity index (χ0v) is 10.7. The van der Waals surface area contributed by atoms with Crippen molar-refractivity contribution in [2.24, 2.45) is 5.92 Å². The Morgan fingerprint density at radius 1 is 1.37 bits per heavy atom. The molecule has 3 rings (SSSR count). The van der Waals surface area contributed by atoms with E-state index in [4.69, 9.17) is 0 Å². The van der Waals surface area contributed by atoms with Crippen LogP contribution in [0.4, 0.5) is 10.1 Å². The third-order valence-corrected chi connectivity index (χ3v) is 3.93. The molecule has 0 aliphatic carbocycles. The maximum absolute atomic E-state index is 12.8. The van der Waals surface area contributed by atoms with Crippen LogP contribution in [0.5, 0.6) is 0 Å². The normalized spacial score (nSPS) is 26.4. The summed E-state index contributed by atoms with van der Waals surface area (Å²) in [6.07, 6.45) is 1.21. The summed E-state index contributed by atoms with van der Waals surface area (Å²) < 4.78 is 12.8. The van der Waals surface area contributed by atoms with Crippen LogP contribution in [0.1, 0.15) is 6.42 Å². The largest absolute Gasteiger partial charge is 0.325 e. The topological polar surface area (TPSA) is 44.4 Å². The molecule has 19 heavy (non-hydrogen) atoms. The van der Waals surface area contributed by atoms with Gasteiger partial charge in [0, 0.05) is 24.8 Å². The average molecular weight is 263 g/mol. The van der Waals surface area contributed by atoms with Gasteiger partial charge in [0.1, 0.15) is 5.82 Å². The summed E-state index contributed by atoms with van der Waals surface area (Å²) in [5.41, 5.74) is 0.643. The van der Waals surface area contributed by atoms with Crippen LogP contribution in [0.25, 0.3) is 0 Å². The van der Waals surface area contributed by atoms with Gasteiger partial charge in [-0.25, -0.2) is 4.39 Å². The molecule has 0 saturated carbocycles. The Labute approximate surface area is 112 Å². The number of nitrogens with one attached hydrogen (secondary N) is 2. The van der Waals surface area contributed by atoms with Crippen molar-refractivity contribution in [2.45, 2.75) is 12.5 Å². The Bertz CT molecular complexity index is 450. The molecule has 2 heterocycles. The van der Waals surface area contributed by atoms with Gasteiger partial charge in [-0.15, -0.1) is 0 Å². The number of carbonyl (C=O) groups excluding carboxylic acids is 1. The SMILES string of the molecule is O=C(CN1C[C@@H]2CCN[C@@H]2C1)Nc1ccc(F)cc1. The molecule has 0 unspecified atom stereocenters. The molecule has 0 aromatic heterocycles. The molecular formula is C14H18FN3O. The van der Waals surface area contributed by atoms with Crippen molar-refractivity contribution < 1.29 is 9.18 Å². The third-order valence-electron chi connectivity index (χ3n) is 3.93. The summed E-state index contributed by atoms with van der Waals surface area (Å²) in [4.78, 5) is 14.1. The van der Waals surface area contributed by atoms with Crippen molar-refractivity contribution in [3.63, 3.8) is 0 Å². The highest BCUT2D eigenvalue weighted by Crippen LogP contribution is 2.24. The molecule has 2 atom stereocenters. The number of likely N-dealkylation sites (tertiary alicyclic amines) is 1. The fourth-order valence-corrected chi connectivity index (χ4v) is 3.00. The summed E-state index contributed by atoms with van der Waals surface area (Å²) in [7, 11) is 0. The lowest BCUT2D eigenvalue weighted by molar-refractivity contribution is -0.117. The van der Waals surface area contributed by atoms with Gasteiger partial charge in [0.25, 0.3) is 0 Å². The summed E-state index contributed by atoms with van der Waals surface area (Å²) in [5, 5.41) is 6.26. The summed E-state index contributed by atoms with van der Waals surface area (Å²) in [5.74, 6) is 0.363. The second kappa shape index (κ2) is 5.27. The quantitative estimate of drug-likeness (QED) is 0.857. The number of amides is 1. The lowest BCUT2D eigenvalue weighted by atomic mass is 10.1. The van der Waals surface area contributed by atoms with Gasteiger partial charge in [0.2, 0.25) is 5.91 Å². The Balaban J connectivity index is 1.50. The molecule has 2 saturated heterocycles. The van der Waals surface area contributed by atoms with Crippen LogP contribution in [0, 0.1) is 11.7 Å². The Hall–Kier alpha value is -1.46. The molecule has 2 fully saturated rings. The first-order valence-corrected chi connectivity index (χ1v) is 6.72. The van der Waals surface area contributed by atoms with Gasteiger partial charge in [0.05, 0.1) is 6.54 Å². The molecule has 4 nitrogen and oxygen atoms in total. The third kappa shape index (κ3) is 2.93. The predicted octanol–water partition coefficient (Wildman–Crippen LogP) is 1.06. The number of benzene rings is 1. The number of hydrogen-bond acceptors (Lipinski definition) is 3. The van der Waals surface area contributed by atoms with Crippen LogP contribution in [-0.2, 0) is 4.79 Å². The van der Waals surface area contributed by atoms with Gasteiger partial charge in [-0.05, 0) is 43.1 Å². The van der Waals surface area contributed by atoms with E-state index in [1.54, 1.807) is 12.1 Å². The number of hydrogen-bond donors (Lipinski definition) is 2. The van der Waals surface area contributed by atoms with Gasteiger partial charge in [0.15, 0.2) is 0 Å². The molecule has 102 valence electrons. The molecule has 2 N–H and O–H groups in total. The number of fused-ring (bicyclic) bond motifs is 1. The van der Waals surface area contributed by atoms with Crippen LogP contribution in [-0.4, -0.2) is 43.0 Å². The van der Waals surface area contributed by atoms with Gasteiger partial charge in [-0.2, -0.15) is 0 Å². The van der Waals surface area contributed by atoms with Gasteiger partial charge < -0.3 is 10.6 Å². The van der Waals surface area contributed by atoms with E-state index in [0.717, 1.165) is 19.6 Å². The maximum Gasteiger partial charge on any atom is 0.238 e. The van der Waals surface area contributed by atoms with Crippen molar-refractivity contribution in [3.8, 4) is 0 Å². The monoisotopic (exact) mass is 263 g/mol. The zero-order valence-electron chi connectivity index (χ0n) is 10.7. The second-order valence-electron chi connectivity index (χ2n) is 5.36. The minimum Gasteiger partial charge on any atom is -0.325 e. The predicted molar refractivity (Wildman–Crippen MR) is 71.4 cm³/mol. The van der Waals surface area contributed by atoms with Crippen molar-refractivity contribution in [2.75, 3.05) is 31.5 Å². The van der Waals surface area contributed by atoms with E-state index >= 15 is 0 Å². The fraction of sp³-hybridized carbons (Fsp3) is 0.500. The standard InChI is InChI=1S/C14H18FN3O/c15-11-1-3-12(4-2-11)17-14(19)9-18-7-10-5-6-16-13(10)8-18/h1-4,10,13,16H,5-9H2,(H,17,19)/t10-,13+/m0/s1. The number of carbonyl (C=O) groups is 1. The van der Waals surface area contributed by atoms with Crippen molar-refractivity contribution >= 4 is 11.6 Å². The van der Waals surface area contributed by atoms with E-state index < -0.39 is 0 Å². The molecule has 0 radical (unpaired) electrons. The number of nitrogens with zero attached hydrogens (tertiary/aromatic N) is 1. The Morgan fingerprint density at radius 2 is 2.16 bits per heavy atom. The van der Waals surface area contributed by atoms with Gasteiger partial charge >= 0.3 is 0 Å². The number of anilines is 1. The van der Waals surface area contributed by atoms with Crippen LogP contribution in [0.3, 0.4) is 0 Å². The van der Waals surface area contributed by atoms with E-state index in [9.17, 15) is 9.18 Å². The summed E-state index contributed by atoms with van der Waals surface area (Å²) >= 11 is 0. The van der Waals surface area contributed by atoms with Crippen molar-refractivity contribution in [3.05, 3.63) is 30.1 Å². The highest BCUT2D eigenvalue weighted by molar-refractivity contribution is 5.92. The molecule has 2 aliphatic rings. The van der Waals surface area contributed by atoms with Gasteiger partial charge in [-0.1, -0.05) is 0 Å². The minimum absolute atomic E-state index is 0.0356. The summed E-state index contributed by atoms with van der Waals surface area (Å²) in [6.45, 7) is 3.45. The maximum atomic E-state index is 12.8. The lowest BCUT2D eigenvalue weighted by Crippen LogP contribution is -2.35. The van der Waals surface area contributed by atoms with Crippen LogP contribution in [0.15, 0.2) is 24.3 Å². The highest BCUT2D eigenvalue weighted by atomic mass is 19.1. The van der Waals surface area contributed by atoms with E-state index in [-0.39, 0.29) is 11.7 Å². The van der Waals surface area contributed by atoms with Crippen LogP contribution in [0.2, 0.25) is 0 Å². The molecule has 0 bridgehead atoms. The molecule has 1 aromatic rings. The Morgan fingerprint density at radius 3 is 2.89 bits per heavy atom. The summed E-state index contributed by atoms with van der Waals surface area (Å²) in [6, 6.07) is 6.40. The first-order chi connectivity index (χ1) is 9.20. The fourth-order valence-electron chi connectivity index (χ4n) is 3.00.